The molecule has 8 aromatic carbocycles. The number of halogens is 4. The minimum Gasteiger partial charge on any atom is -0.493 e. The van der Waals surface area contributed by atoms with Crippen molar-refractivity contribution in [1.29, 1.82) is 0 Å². The van der Waals surface area contributed by atoms with Crippen molar-refractivity contribution >= 4 is 11.9 Å². The summed E-state index contributed by atoms with van der Waals surface area (Å²) in [6, 6.07) is 50.3. The maximum absolute atomic E-state index is 15.4. The molecule has 8 rings (SSSR count). The summed E-state index contributed by atoms with van der Waals surface area (Å²) in [5.41, 5.74) is 7.12. The van der Waals surface area contributed by atoms with Crippen LogP contribution < -0.4 is 18.9 Å². The Bertz CT molecular complexity index is 3080. The summed E-state index contributed by atoms with van der Waals surface area (Å²) in [7, 11) is 0. The van der Waals surface area contributed by atoms with Crippen LogP contribution in [0.15, 0.2) is 170 Å². The lowest BCUT2D eigenvalue weighted by atomic mass is 9.97. The molecule has 6 nitrogen and oxygen atoms in total. The predicted molar refractivity (Wildman–Crippen MR) is 321 cm³/mol. The van der Waals surface area contributed by atoms with Gasteiger partial charge in [0.15, 0.2) is 23.3 Å². The fraction of sp³-hybridized carbons (Fsp3) is 0.306. The van der Waals surface area contributed by atoms with Gasteiger partial charge in [0, 0.05) is 46.2 Å². The molecule has 0 aliphatic rings. The normalized spacial score (nSPS) is 11.1. The molecule has 0 spiro atoms. The Balaban J connectivity index is 0.698. The number of esters is 2. The van der Waals surface area contributed by atoms with Gasteiger partial charge in [-0.15, -0.1) is 0 Å². The third kappa shape index (κ3) is 17.0. The topological polar surface area (TPSA) is 71.1 Å². The number of hydrogen-bond donors (Lipinski definition) is 0. The average molecular weight is 1110 g/mol. The molecule has 426 valence electrons. The highest BCUT2D eigenvalue weighted by Gasteiger charge is 2.19. The van der Waals surface area contributed by atoms with Crippen molar-refractivity contribution in [1.82, 2.24) is 0 Å². The lowest BCUT2D eigenvalue weighted by Crippen LogP contribution is -2.07. The van der Waals surface area contributed by atoms with Gasteiger partial charge in [0.25, 0.3) is 0 Å². The first kappa shape index (κ1) is 60.1. The molecule has 0 unspecified atom stereocenters. The third-order valence-corrected chi connectivity index (χ3v) is 14.8. The molecule has 0 saturated heterocycles. The lowest BCUT2D eigenvalue weighted by Gasteiger charge is -2.15. The van der Waals surface area contributed by atoms with E-state index in [-0.39, 0.29) is 47.0 Å². The second-order valence-corrected chi connectivity index (χ2v) is 20.9. The van der Waals surface area contributed by atoms with Crippen LogP contribution in [0, 0.1) is 23.3 Å². The van der Waals surface area contributed by atoms with Crippen molar-refractivity contribution in [3.63, 3.8) is 0 Å². The number of carbonyl (C=O) groups is 2. The summed E-state index contributed by atoms with van der Waals surface area (Å²) in [4.78, 5) is 25.4. The van der Waals surface area contributed by atoms with E-state index in [0.717, 1.165) is 113 Å². The van der Waals surface area contributed by atoms with E-state index in [2.05, 4.69) is 13.8 Å². The van der Waals surface area contributed by atoms with E-state index in [4.69, 9.17) is 18.9 Å². The van der Waals surface area contributed by atoms with Gasteiger partial charge in [-0.2, -0.15) is 0 Å². The van der Waals surface area contributed by atoms with E-state index in [1.165, 1.54) is 11.1 Å². The Morgan fingerprint density at radius 1 is 0.329 bits per heavy atom. The summed E-state index contributed by atoms with van der Waals surface area (Å²) in [5, 5.41) is 0. The summed E-state index contributed by atoms with van der Waals surface area (Å²) in [5.74, 6) is -2.16. The maximum atomic E-state index is 15.4. The Morgan fingerprint density at radius 3 is 0.988 bits per heavy atom. The van der Waals surface area contributed by atoms with Crippen molar-refractivity contribution in [2.45, 2.75) is 129 Å². The summed E-state index contributed by atoms with van der Waals surface area (Å²) < 4.78 is 85.1. The van der Waals surface area contributed by atoms with Crippen LogP contribution in [0.4, 0.5) is 17.6 Å². The molecule has 0 atom stereocenters. The van der Waals surface area contributed by atoms with Crippen molar-refractivity contribution in [2.24, 2.45) is 0 Å². The number of rotatable bonds is 31. The minimum atomic E-state index is -0.922. The highest BCUT2D eigenvalue weighted by atomic mass is 19.2. The molecule has 8 aromatic rings. The number of para-hydroxylation sites is 2. The molecule has 10 heteroatoms. The quantitative estimate of drug-likeness (QED) is 0.0187. The maximum Gasteiger partial charge on any atom is 0.311 e. The first-order valence-electron chi connectivity index (χ1n) is 29.3. The molecular formula is C72H74F4O6. The van der Waals surface area contributed by atoms with Crippen LogP contribution in [-0.4, -0.2) is 25.2 Å². The van der Waals surface area contributed by atoms with Gasteiger partial charge in [0.2, 0.25) is 0 Å². The second-order valence-electron chi connectivity index (χ2n) is 20.9. The van der Waals surface area contributed by atoms with E-state index in [0.29, 0.717) is 59.8 Å². The Labute approximate surface area is 481 Å². The fourth-order valence-electron chi connectivity index (χ4n) is 10.1. The van der Waals surface area contributed by atoms with E-state index in [1.807, 2.05) is 97.1 Å². The van der Waals surface area contributed by atoms with Crippen LogP contribution in [0.5, 0.6) is 23.0 Å². The highest BCUT2D eigenvalue weighted by molar-refractivity contribution is 5.77. The minimum absolute atomic E-state index is 0.135. The van der Waals surface area contributed by atoms with E-state index >= 15 is 17.6 Å². The van der Waals surface area contributed by atoms with Gasteiger partial charge < -0.3 is 18.9 Å². The van der Waals surface area contributed by atoms with Crippen molar-refractivity contribution in [3.05, 3.63) is 204 Å². The van der Waals surface area contributed by atoms with Crippen LogP contribution in [0.25, 0.3) is 55.6 Å². The lowest BCUT2D eigenvalue weighted by molar-refractivity contribution is -0.135. The molecule has 0 aromatic heterocycles. The SMILES string of the molecule is CCCCCc1ccc(-c2ccc(-c3ccc(OC(=O)CCCCCCOc4ccccc4-c4ccccc4OCCCCCCC(=O)Oc4ccc(-c5ccc(-c6ccc(CCCCC)cc6)c(F)c5F)cc4)cc3)c(F)c2F)cc1. The highest BCUT2D eigenvalue weighted by Crippen LogP contribution is 2.38. The van der Waals surface area contributed by atoms with E-state index < -0.39 is 23.3 Å². The van der Waals surface area contributed by atoms with Crippen LogP contribution in [0.2, 0.25) is 0 Å². The standard InChI is InChI=1S/C72H74F4O6/c1-3-5-11-21-51-29-33-53(34-30-51)59-45-47-61(71(75)69(59)73)55-37-41-57(42-38-55)81-67(77)27-13-7-9-19-49-79-65-25-17-15-23-63(65)64-24-16-18-26-66(64)80-50-20-10-8-14-28-68(78)82-58-43-39-56(40-44-58)62-48-46-60(70(74)72(62)76)54-35-31-52(32-36-54)22-12-6-4-2/h15-18,23-26,29-48H,3-14,19-22,27-28,49-50H2,1-2H3. The molecule has 0 N–H and O–H groups in total. The van der Waals surface area contributed by atoms with Crippen LogP contribution in [0.1, 0.15) is 128 Å². The summed E-state index contributed by atoms with van der Waals surface area (Å²) in [6.07, 6.45) is 15.5. The Morgan fingerprint density at radius 2 is 0.646 bits per heavy atom. The molecule has 0 saturated carbocycles. The van der Waals surface area contributed by atoms with Gasteiger partial charge in [0.1, 0.15) is 23.0 Å². The van der Waals surface area contributed by atoms with Gasteiger partial charge in [-0.05, 0) is 121 Å². The zero-order chi connectivity index (χ0) is 57.5. The molecule has 0 fully saturated rings. The first-order valence-corrected chi connectivity index (χ1v) is 29.3. The molecule has 0 bridgehead atoms. The smallest absolute Gasteiger partial charge is 0.311 e. The monoisotopic (exact) mass is 1110 g/mol. The van der Waals surface area contributed by atoms with Crippen LogP contribution >= 0.6 is 0 Å². The third-order valence-electron chi connectivity index (χ3n) is 14.8. The first-order chi connectivity index (χ1) is 40.1. The van der Waals surface area contributed by atoms with Gasteiger partial charge in [-0.3, -0.25) is 9.59 Å². The molecule has 0 aliphatic heterocycles. The van der Waals surface area contributed by atoms with Gasteiger partial charge in [-0.1, -0.05) is 199 Å². The number of hydrogen-bond acceptors (Lipinski definition) is 6. The predicted octanol–water partition coefficient (Wildman–Crippen LogP) is 19.9. The van der Waals surface area contributed by atoms with Crippen LogP contribution in [-0.2, 0) is 22.4 Å². The number of benzene rings is 8. The van der Waals surface area contributed by atoms with Gasteiger partial charge in [-0.25, -0.2) is 17.6 Å². The number of aryl methyl sites for hydroxylation is 2. The zero-order valence-electron chi connectivity index (χ0n) is 47.3. The van der Waals surface area contributed by atoms with Crippen LogP contribution in [0.3, 0.4) is 0 Å². The number of unbranched alkanes of at least 4 members (excludes halogenated alkanes) is 10. The number of ether oxygens (including phenoxy) is 4. The molecule has 0 amide bonds. The van der Waals surface area contributed by atoms with E-state index in [1.54, 1.807) is 72.8 Å². The van der Waals surface area contributed by atoms with E-state index in [9.17, 15) is 9.59 Å². The largest absolute Gasteiger partial charge is 0.493 e. The molecular weight excluding hydrogens is 1040 g/mol. The molecule has 0 aliphatic carbocycles. The molecule has 0 heterocycles. The molecule has 0 radical (unpaired) electrons. The van der Waals surface area contributed by atoms with Crippen molar-refractivity contribution in [3.8, 4) is 78.6 Å². The summed E-state index contributed by atoms with van der Waals surface area (Å²) >= 11 is 0. The Hall–Kier alpha value is -7.98. The van der Waals surface area contributed by atoms with Gasteiger partial charge >= 0.3 is 11.9 Å². The average Bonchev–Trinajstić information content (AvgIpc) is 3.61. The second kappa shape index (κ2) is 31.3. The zero-order valence-corrected chi connectivity index (χ0v) is 47.3. The molecule has 82 heavy (non-hydrogen) atoms. The van der Waals surface area contributed by atoms with Crippen molar-refractivity contribution in [2.75, 3.05) is 13.2 Å². The van der Waals surface area contributed by atoms with Gasteiger partial charge in [0.05, 0.1) is 13.2 Å². The summed E-state index contributed by atoms with van der Waals surface area (Å²) in [6.45, 7) is 5.34. The Kier molecular flexibility index (Phi) is 22.9. The van der Waals surface area contributed by atoms with Crippen molar-refractivity contribution < 1.29 is 46.1 Å². The number of carbonyl (C=O) groups excluding carboxylic acids is 2. The fourth-order valence-corrected chi connectivity index (χ4v) is 10.1.